The van der Waals surface area contributed by atoms with Gasteiger partial charge in [-0.25, -0.2) is 4.98 Å². The SMILES string of the molecule is O=C(Nc1ccccc1)c1cc(N2CCOCC2)nc(N2CCCOC2)n1. The molecule has 0 unspecified atom stereocenters. The van der Waals surface area contributed by atoms with Crippen molar-refractivity contribution in [2.24, 2.45) is 0 Å². The van der Waals surface area contributed by atoms with Gasteiger partial charge >= 0.3 is 0 Å². The molecule has 8 heteroatoms. The quantitative estimate of drug-likeness (QED) is 0.879. The minimum Gasteiger partial charge on any atom is -0.378 e. The van der Waals surface area contributed by atoms with E-state index < -0.39 is 0 Å². The molecular formula is C19H23N5O3. The molecule has 0 saturated carbocycles. The van der Waals surface area contributed by atoms with Gasteiger partial charge in [-0.05, 0) is 18.6 Å². The molecule has 4 rings (SSSR count). The van der Waals surface area contributed by atoms with Gasteiger partial charge in [0.15, 0.2) is 0 Å². The molecule has 3 heterocycles. The molecule has 8 nitrogen and oxygen atoms in total. The van der Waals surface area contributed by atoms with E-state index in [1.807, 2.05) is 35.2 Å². The van der Waals surface area contributed by atoms with Gasteiger partial charge in [0.05, 0.1) is 19.8 Å². The fourth-order valence-corrected chi connectivity index (χ4v) is 3.11. The molecule has 2 fully saturated rings. The van der Waals surface area contributed by atoms with Gasteiger partial charge in [0.25, 0.3) is 5.91 Å². The fraction of sp³-hybridized carbons (Fsp3) is 0.421. The van der Waals surface area contributed by atoms with Gasteiger partial charge in [-0.3, -0.25) is 4.79 Å². The molecule has 0 radical (unpaired) electrons. The molecule has 1 aromatic heterocycles. The maximum absolute atomic E-state index is 12.8. The van der Waals surface area contributed by atoms with Crippen molar-refractivity contribution in [3.8, 4) is 0 Å². The standard InChI is InChI=1S/C19H23N5O3/c25-18(20-15-5-2-1-3-6-15)16-13-17(23-8-11-26-12-9-23)22-19(21-16)24-7-4-10-27-14-24/h1-3,5-6,13H,4,7-12,14H2,(H,20,25). The second-order valence-corrected chi connectivity index (χ2v) is 6.49. The monoisotopic (exact) mass is 369 g/mol. The van der Waals surface area contributed by atoms with Crippen LogP contribution in [0.4, 0.5) is 17.5 Å². The first-order valence-corrected chi connectivity index (χ1v) is 9.20. The summed E-state index contributed by atoms with van der Waals surface area (Å²) in [6.45, 7) is 4.77. The normalized spacial score (nSPS) is 17.6. The summed E-state index contributed by atoms with van der Waals surface area (Å²) in [4.78, 5) is 26.1. The lowest BCUT2D eigenvalue weighted by atomic mass is 10.3. The highest BCUT2D eigenvalue weighted by Crippen LogP contribution is 2.21. The van der Waals surface area contributed by atoms with E-state index in [9.17, 15) is 4.79 Å². The molecule has 2 aliphatic heterocycles. The highest BCUT2D eigenvalue weighted by Gasteiger charge is 2.21. The van der Waals surface area contributed by atoms with Crippen molar-refractivity contribution in [2.45, 2.75) is 6.42 Å². The van der Waals surface area contributed by atoms with Crippen molar-refractivity contribution < 1.29 is 14.3 Å². The Balaban J connectivity index is 1.63. The summed E-state index contributed by atoms with van der Waals surface area (Å²) in [5.41, 5.74) is 1.08. The first kappa shape index (κ1) is 17.7. The van der Waals surface area contributed by atoms with Gasteiger partial charge in [-0.15, -0.1) is 0 Å². The van der Waals surface area contributed by atoms with Crippen LogP contribution in [0.2, 0.25) is 0 Å². The van der Waals surface area contributed by atoms with Gasteiger partial charge in [-0.1, -0.05) is 18.2 Å². The smallest absolute Gasteiger partial charge is 0.274 e. The van der Waals surface area contributed by atoms with Crippen LogP contribution in [-0.2, 0) is 9.47 Å². The summed E-state index contributed by atoms with van der Waals surface area (Å²) in [6, 6.07) is 11.1. The summed E-state index contributed by atoms with van der Waals surface area (Å²) in [5.74, 6) is 1.02. The number of aromatic nitrogens is 2. The zero-order chi connectivity index (χ0) is 18.5. The van der Waals surface area contributed by atoms with Gasteiger partial charge in [-0.2, -0.15) is 4.98 Å². The highest BCUT2D eigenvalue weighted by molar-refractivity contribution is 6.03. The third-order valence-corrected chi connectivity index (χ3v) is 4.55. The van der Waals surface area contributed by atoms with Crippen molar-refractivity contribution in [3.63, 3.8) is 0 Å². The maximum atomic E-state index is 12.8. The number of hydrogen-bond donors (Lipinski definition) is 1. The molecule has 2 saturated heterocycles. The van der Waals surface area contributed by atoms with Gasteiger partial charge in [0, 0.05) is 31.4 Å². The number of ether oxygens (including phenoxy) is 2. The Hall–Kier alpha value is -2.71. The number of hydrogen-bond acceptors (Lipinski definition) is 7. The Kier molecular flexibility index (Phi) is 5.45. The maximum Gasteiger partial charge on any atom is 0.274 e. The van der Waals surface area contributed by atoms with Crippen LogP contribution >= 0.6 is 0 Å². The number of carbonyl (C=O) groups excluding carboxylic acids is 1. The third-order valence-electron chi connectivity index (χ3n) is 4.55. The molecule has 0 atom stereocenters. The molecule has 1 N–H and O–H groups in total. The number of rotatable bonds is 4. The lowest BCUT2D eigenvalue weighted by molar-refractivity contribution is 0.101. The van der Waals surface area contributed by atoms with Crippen molar-refractivity contribution >= 4 is 23.4 Å². The second-order valence-electron chi connectivity index (χ2n) is 6.49. The van der Waals surface area contributed by atoms with Crippen LogP contribution in [0.5, 0.6) is 0 Å². The minimum absolute atomic E-state index is 0.253. The summed E-state index contributed by atoms with van der Waals surface area (Å²) in [7, 11) is 0. The van der Waals surface area contributed by atoms with Crippen LogP contribution in [0.1, 0.15) is 16.9 Å². The average molecular weight is 369 g/mol. The lowest BCUT2D eigenvalue weighted by Gasteiger charge is -2.30. The van der Waals surface area contributed by atoms with E-state index in [4.69, 9.17) is 14.5 Å². The van der Waals surface area contributed by atoms with Gasteiger partial charge in [0.1, 0.15) is 18.2 Å². The van der Waals surface area contributed by atoms with E-state index in [-0.39, 0.29) is 5.91 Å². The van der Waals surface area contributed by atoms with Crippen molar-refractivity contribution in [2.75, 3.05) is 61.3 Å². The Bertz CT molecular complexity index is 738. The number of benzene rings is 1. The zero-order valence-electron chi connectivity index (χ0n) is 15.1. The van der Waals surface area contributed by atoms with E-state index in [0.29, 0.717) is 31.6 Å². The number of nitrogens with one attached hydrogen (secondary N) is 1. The molecule has 0 aliphatic carbocycles. The number of para-hydroxylation sites is 1. The summed E-state index contributed by atoms with van der Waals surface area (Å²) in [6.07, 6.45) is 0.913. The molecule has 1 aromatic carbocycles. The highest BCUT2D eigenvalue weighted by atomic mass is 16.5. The topological polar surface area (TPSA) is 79.8 Å². The Morgan fingerprint density at radius 1 is 0.963 bits per heavy atom. The van der Waals surface area contributed by atoms with Crippen LogP contribution < -0.4 is 15.1 Å². The predicted octanol–water partition coefficient (Wildman–Crippen LogP) is 1.75. The first-order valence-electron chi connectivity index (χ1n) is 9.20. The van der Waals surface area contributed by atoms with Crippen LogP contribution in [0.3, 0.4) is 0 Å². The number of anilines is 3. The third kappa shape index (κ3) is 4.35. The van der Waals surface area contributed by atoms with E-state index in [1.54, 1.807) is 6.07 Å². The molecule has 1 amide bonds. The van der Waals surface area contributed by atoms with Crippen LogP contribution in [-0.4, -0.2) is 62.1 Å². The molecule has 0 spiro atoms. The van der Waals surface area contributed by atoms with Gasteiger partial charge < -0.3 is 24.6 Å². The van der Waals surface area contributed by atoms with Crippen molar-refractivity contribution in [1.82, 2.24) is 9.97 Å². The Morgan fingerprint density at radius 2 is 1.78 bits per heavy atom. The van der Waals surface area contributed by atoms with Crippen LogP contribution in [0.25, 0.3) is 0 Å². The number of carbonyl (C=O) groups is 1. The molecule has 27 heavy (non-hydrogen) atoms. The lowest BCUT2D eigenvalue weighted by Crippen LogP contribution is -2.38. The molecule has 2 aliphatic rings. The number of nitrogens with zero attached hydrogens (tertiary/aromatic N) is 4. The summed E-state index contributed by atoms with van der Waals surface area (Å²) >= 11 is 0. The van der Waals surface area contributed by atoms with Crippen LogP contribution in [0, 0.1) is 0 Å². The van der Waals surface area contributed by atoms with Gasteiger partial charge in [0.2, 0.25) is 5.95 Å². The second kappa shape index (κ2) is 8.32. The van der Waals surface area contributed by atoms with E-state index in [1.165, 1.54) is 0 Å². The van der Waals surface area contributed by atoms with Crippen molar-refractivity contribution in [1.29, 1.82) is 0 Å². The largest absolute Gasteiger partial charge is 0.378 e. The average Bonchev–Trinajstić information content (AvgIpc) is 2.75. The summed E-state index contributed by atoms with van der Waals surface area (Å²) in [5, 5.41) is 2.90. The number of amides is 1. The summed E-state index contributed by atoms with van der Waals surface area (Å²) < 4.78 is 11.0. The Labute approximate surface area is 158 Å². The fourth-order valence-electron chi connectivity index (χ4n) is 3.11. The molecule has 0 bridgehead atoms. The van der Waals surface area contributed by atoms with E-state index in [2.05, 4.69) is 15.2 Å². The first-order chi connectivity index (χ1) is 13.3. The van der Waals surface area contributed by atoms with Crippen molar-refractivity contribution in [3.05, 3.63) is 42.1 Å². The Morgan fingerprint density at radius 3 is 2.52 bits per heavy atom. The minimum atomic E-state index is -0.253. The molecular weight excluding hydrogens is 346 g/mol. The van der Waals surface area contributed by atoms with E-state index >= 15 is 0 Å². The van der Waals surface area contributed by atoms with Crippen LogP contribution in [0.15, 0.2) is 36.4 Å². The number of morpholine rings is 1. The molecule has 142 valence electrons. The van der Waals surface area contributed by atoms with E-state index in [0.717, 1.165) is 44.2 Å². The zero-order valence-corrected chi connectivity index (χ0v) is 15.1. The molecule has 2 aromatic rings. The predicted molar refractivity (Wildman–Crippen MR) is 102 cm³/mol.